The molecule has 3 aromatic carbocycles. The Morgan fingerprint density at radius 3 is 2.46 bits per heavy atom. The molecule has 6 rings (SSSR count). The number of aromatic amines is 1. The highest BCUT2D eigenvalue weighted by molar-refractivity contribution is 8.04. The number of aromatic nitrogens is 2. The van der Waals surface area contributed by atoms with Crippen molar-refractivity contribution in [2.24, 2.45) is 0 Å². The molecule has 1 amide bonds. The molecular weight excluding hydrogens is 523 g/mol. The van der Waals surface area contributed by atoms with Gasteiger partial charge >= 0.3 is 0 Å². The Balaban J connectivity index is 0.00000160. The molecule has 37 heavy (non-hydrogen) atoms. The highest BCUT2D eigenvalue weighted by Gasteiger charge is 2.23. The van der Waals surface area contributed by atoms with E-state index >= 15 is 0 Å². The summed E-state index contributed by atoms with van der Waals surface area (Å²) >= 11 is 1.51. The lowest BCUT2D eigenvalue weighted by Gasteiger charge is -2.32. The number of rotatable bonds is 6. The van der Waals surface area contributed by atoms with Crippen LogP contribution in [0.15, 0.2) is 82.6 Å². The maximum Gasteiger partial charge on any atom is 0.258 e. The van der Waals surface area contributed by atoms with E-state index < -0.39 is 0 Å². The molecule has 0 saturated carbocycles. The Labute approximate surface area is 233 Å². The molecule has 0 bridgehead atoms. The first kappa shape index (κ1) is 27.3. The van der Waals surface area contributed by atoms with Crippen LogP contribution in [-0.4, -0.2) is 34.1 Å². The minimum Gasteiger partial charge on any atom is -0.347 e. The largest absolute Gasteiger partial charge is 0.347 e. The van der Waals surface area contributed by atoms with Crippen LogP contribution >= 0.6 is 36.6 Å². The van der Waals surface area contributed by atoms with Gasteiger partial charge in [0.25, 0.3) is 5.91 Å². The quantitative estimate of drug-likeness (QED) is 0.284. The smallest absolute Gasteiger partial charge is 0.258 e. The zero-order valence-electron chi connectivity index (χ0n) is 20.4. The molecule has 1 aromatic heterocycles. The third-order valence-electron chi connectivity index (χ3n) is 7.10. The number of hydrogen-bond acceptors (Lipinski definition) is 4. The third-order valence-corrected chi connectivity index (χ3v) is 8.18. The lowest BCUT2D eigenvalue weighted by atomic mass is 9.89. The summed E-state index contributed by atoms with van der Waals surface area (Å²) in [5.74, 6) is 0.600. The summed E-state index contributed by atoms with van der Waals surface area (Å²) in [7, 11) is 0. The first-order valence-corrected chi connectivity index (χ1v) is 13.0. The van der Waals surface area contributed by atoms with Gasteiger partial charge in [-0.15, -0.1) is 24.8 Å². The number of thioether (sulfide) groups is 1. The molecule has 2 aliphatic heterocycles. The molecule has 0 aliphatic carbocycles. The van der Waals surface area contributed by atoms with Crippen LogP contribution in [0.25, 0.3) is 17.0 Å². The van der Waals surface area contributed by atoms with E-state index in [9.17, 15) is 4.79 Å². The molecule has 5 nitrogen and oxygen atoms in total. The van der Waals surface area contributed by atoms with Gasteiger partial charge in [0.15, 0.2) is 0 Å². The number of nitrogens with zero attached hydrogens (tertiary/aromatic N) is 2. The van der Waals surface area contributed by atoms with Gasteiger partial charge in [0.1, 0.15) is 0 Å². The van der Waals surface area contributed by atoms with E-state index in [0.29, 0.717) is 17.4 Å². The van der Waals surface area contributed by atoms with Crippen LogP contribution in [0, 0.1) is 0 Å². The van der Waals surface area contributed by atoms with Crippen molar-refractivity contribution in [2.45, 2.75) is 36.7 Å². The molecule has 0 spiro atoms. The van der Waals surface area contributed by atoms with Crippen molar-refractivity contribution in [1.29, 1.82) is 0 Å². The SMILES string of the molecule is Cl.Cl.O=C(NCc1ccccc1CN1CCC(c2ccccc2)CC1)C1=Cc2n[nH]c3cccc(c23)S1. The first-order valence-electron chi connectivity index (χ1n) is 12.2. The fraction of sp³-hybridized carbons (Fsp3) is 0.241. The van der Waals surface area contributed by atoms with Crippen LogP contribution in [0.1, 0.15) is 41.1 Å². The molecule has 0 radical (unpaired) electrons. The summed E-state index contributed by atoms with van der Waals surface area (Å²) in [6, 6.07) is 25.4. The number of carbonyl (C=O) groups excluding carboxylic acids is 1. The highest BCUT2D eigenvalue weighted by Crippen LogP contribution is 2.39. The number of carbonyl (C=O) groups is 1. The number of amides is 1. The Bertz CT molecular complexity index is 1400. The van der Waals surface area contributed by atoms with Crippen LogP contribution < -0.4 is 5.32 Å². The topological polar surface area (TPSA) is 61.0 Å². The average molecular weight is 554 g/mol. The minimum atomic E-state index is -0.0564. The van der Waals surface area contributed by atoms with Crippen molar-refractivity contribution >= 4 is 59.5 Å². The predicted molar refractivity (Wildman–Crippen MR) is 156 cm³/mol. The van der Waals surface area contributed by atoms with Crippen molar-refractivity contribution in [1.82, 2.24) is 20.4 Å². The molecule has 0 unspecified atom stereocenters. The molecule has 8 heteroatoms. The Morgan fingerprint density at radius 1 is 0.946 bits per heavy atom. The Kier molecular flexibility index (Phi) is 8.98. The first-order chi connectivity index (χ1) is 17.2. The molecule has 2 N–H and O–H groups in total. The molecule has 3 heterocycles. The van der Waals surface area contributed by atoms with E-state index in [-0.39, 0.29) is 30.7 Å². The highest BCUT2D eigenvalue weighted by atomic mass is 35.5. The van der Waals surface area contributed by atoms with E-state index in [1.54, 1.807) is 0 Å². The van der Waals surface area contributed by atoms with Gasteiger partial charge in [0.2, 0.25) is 0 Å². The number of nitrogens with one attached hydrogen (secondary N) is 2. The normalized spacial score (nSPS) is 15.4. The standard InChI is InChI=1S/C29H28N4OS.2ClH/c34-29(27-17-25-28-24(31-32-25)11-6-12-26(28)35-27)30-18-22-9-4-5-10-23(22)19-33-15-13-21(14-16-33)20-7-2-1-3-8-20;;/h1-12,17,21H,13-16,18-19H2,(H,30,34)(H,31,32);2*1H. The summed E-state index contributed by atoms with van der Waals surface area (Å²) in [6.45, 7) is 3.64. The molecule has 1 saturated heterocycles. The predicted octanol–water partition coefficient (Wildman–Crippen LogP) is 6.55. The zero-order chi connectivity index (χ0) is 23.6. The lowest BCUT2D eigenvalue weighted by Crippen LogP contribution is -2.33. The van der Waals surface area contributed by atoms with Crippen molar-refractivity contribution in [3.05, 3.63) is 100 Å². The number of likely N-dealkylation sites (tertiary alicyclic amines) is 1. The van der Waals surface area contributed by atoms with Crippen molar-refractivity contribution in [3.63, 3.8) is 0 Å². The number of H-pyrrole nitrogens is 1. The van der Waals surface area contributed by atoms with E-state index in [0.717, 1.165) is 41.1 Å². The van der Waals surface area contributed by atoms with Crippen LogP contribution in [-0.2, 0) is 17.9 Å². The van der Waals surface area contributed by atoms with E-state index in [4.69, 9.17) is 0 Å². The van der Waals surface area contributed by atoms with Gasteiger partial charge in [-0.25, -0.2) is 0 Å². The maximum atomic E-state index is 13.0. The number of benzene rings is 3. The fourth-order valence-electron chi connectivity index (χ4n) is 5.18. The van der Waals surface area contributed by atoms with Crippen molar-refractivity contribution in [3.8, 4) is 0 Å². The van der Waals surface area contributed by atoms with Gasteiger partial charge in [-0.2, -0.15) is 5.10 Å². The number of piperidine rings is 1. The molecule has 0 atom stereocenters. The molecular formula is C29H30Cl2N4OS. The van der Waals surface area contributed by atoms with Crippen LogP contribution in [0.2, 0.25) is 0 Å². The molecule has 4 aromatic rings. The summed E-state index contributed by atoms with van der Waals surface area (Å²) in [5.41, 5.74) is 5.76. The average Bonchev–Trinajstić information content (AvgIpc) is 3.33. The van der Waals surface area contributed by atoms with Gasteiger partial charge < -0.3 is 5.32 Å². The van der Waals surface area contributed by atoms with Crippen LogP contribution in [0.5, 0.6) is 0 Å². The second kappa shape index (κ2) is 12.2. The van der Waals surface area contributed by atoms with Gasteiger partial charge in [0.05, 0.1) is 16.1 Å². The number of halogens is 2. The van der Waals surface area contributed by atoms with E-state index in [1.165, 1.54) is 41.3 Å². The molecule has 1 fully saturated rings. The second-order valence-corrected chi connectivity index (χ2v) is 10.4. The van der Waals surface area contributed by atoms with Crippen LogP contribution in [0.3, 0.4) is 0 Å². The number of hydrogen-bond donors (Lipinski definition) is 2. The minimum absolute atomic E-state index is 0. The van der Waals surface area contributed by atoms with Gasteiger partial charge in [-0.05, 0) is 66.7 Å². The van der Waals surface area contributed by atoms with E-state index in [2.05, 4.69) is 75.0 Å². The molecule has 2 aliphatic rings. The summed E-state index contributed by atoms with van der Waals surface area (Å²) in [6.07, 6.45) is 4.26. The van der Waals surface area contributed by atoms with Gasteiger partial charge in [-0.1, -0.05) is 72.4 Å². The summed E-state index contributed by atoms with van der Waals surface area (Å²) in [5, 5.41) is 11.7. The summed E-state index contributed by atoms with van der Waals surface area (Å²) < 4.78 is 0. The van der Waals surface area contributed by atoms with E-state index in [1.807, 2.05) is 24.3 Å². The maximum absolute atomic E-state index is 13.0. The fourth-order valence-corrected chi connectivity index (χ4v) is 6.21. The zero-order valence-corrected chi connectivity index (χ0v) is 22.8. The Morgan fingerprint density at radius 2 is 1.68 bits per heavy atom. The van der Waals surface area contributed by atoms with Gasteiger partial charge in [-0.3, -0.25) is 14.8 Å². The van der Waals surface area contributed by atoms with Gasteiger partial charge in [0, 0.05) is 23.4 Å². The third kappa shape index (κ3) is 5.88. The molecule has 192 valence electrons. The Hall–Kier alpha value is -2.77. The van der Waals surface area contributed by atoms with Crippen molar-refractivity contribution < 1.29 is 4.79 Å². The lowest BCUT2D eigenvalue weighted by molar-refractivity contribution is -0.116. The second-order valence-electron chi connectivity index (χ2n) is 9.31. The van der Waals surface area contributed by atoms with Crippen molar-refractivity contribution in [2.75, 3.05) is 13.1 Å². The van der Waals surface area contributed by atoms with Crippen LogP contribution in [0.4, 0.5) is 0 Å². The summed E-state index contributed by atoms with van der Waals surface area (Å²) in [4.78, 5) is 17.3. The monoisotopic (exact) mass is 552 g/mol.